The van der Waals surface area contributed by atoms with Gasteiger partial charge in [-0.2, -0.15) is 0 Å². The predicted molar refractivity (Wildman–Crippen MR) is 109 cm³/mol. The van der Waals surface area contributed by atoms with Crippen LogP contribution in [0, 0.1) is 12.8 Å². The summed E-state index contributed by atoms with van der Waals surface area (Å²) in [7, 11) is 1.81. The first-order valence-electron chi connectivity index (χ1n) is 9.71. The Balaban J connectivity index is 1.67. The molecule has 29 heavy (non-hydrogen) atoms. The molecule has 154 valence electrons. The van der Waals surface area contributed by atoms with E-state index in [0.29, 0.717) is 18.7 Å². The van der Waals surface area contributed by atoms with Gasteiger partial charge in [0, 0.05) is 44.5 Å². The van der Waals surface area contributed by atoms with Gasteiger partial charge in [0.05, 0.1) is 15.8 Å². The third-order valence-corrected chi connectivity index (χ3v) is 6.85. The molecule has 4 rings (SSSR count). The lowest BCUT2D eigenvalue weighted by Crippen LogP contribution is -2.50. The number of aryl methyl sites for hydroxylation is 1. The number of halogens is 1. The number of hydrogen-bond donors (Lipinski definition) is 1. The monoisotopic (exact) mass is 417 g/mol. The minimum atomic E-state index is -0.628. The van der Waals surface area contributed by atoms with Gasteiger partial charge in [-0.3, -0.25) is 14.6 Å². The molecule has 0 spiro atoms. The summed E-state index contributed by atoms with van der Waals surface area (Å²) in [6, 6.07) is -0.534. The maximum absolute atomic E-state index is 15.4. The van der Waals surface area contributed by atoms with Crippen LogP contribution in [0.4, 0.5) is 4.39 Å². The number of nitrogens with zero attached hydrogens (tertiary/aromatic N) is 4. The summed E-state index contributed by atoms with van der Waals surface area (Å²) >= 11 is 1.48. The largest absolute Gasteiger partial charge is 0.353 e. The summed E-state index contributed by atoms with van der Waals surface area (Å²) in [5.74, 6) is -1.12. The Morgan fingerprint density at radius 3 is 3.00 bits per heavy atom. The highest BCUT2D eigenvalue weighted by Gasteiger charge is 2.45. The average Bonchev–Trinajstić information content (AvgIpc) is 3.34. The van der Waals surface area contributed by atoms with E-state index in [-0.39, 0.29) is 30.2 Å². The van der Waals surface area contributed by atoms with E-state index in [4.69, 9.17) is 4.99 Å². The van der Waals surface area contributed by atoms with Crippen LogP contribution in [0.3, 0.4) is 0 Å². The fourth-order valence-electron chi connectivity index (χ4n) is 4.28. The van der Waals surface area contributed by atoms with Gasteiger partial charge in [-0.05, 0) is 25.8 Å². The van der Waals surface area contributed by atoms with Crippen molar-refractivity contribution in [3.05, 3.63) is 40.1 Å². The Kier molecular flexibility index (Phi) is 5.24. The van der Waals surface area contributed by atoms with E-state index in [1.54, 1.807) is 11.1 Å². The number of dihydropyridines is 1. The molecule has 9 heteroatoms. The van der Waals surface area contributed by atoms with Gasteiger partial charge < -0.3 is 15.1 Å². The summed E-state index contributed by atoms with van der Waals surface area (Å²) < 4.78 is 15.4. The highest BCUT2D eigenvalue weighted by atomic mass is 32.1. The number of aromatic nitrogens is 1. The maximum Gasteiger partial charge on any atom is 0.246 e. The van der Waals surface area contributed by atoms with Crippen LogP contribution in [-0.4, -0.2) is 65.2 Å². The van der Waals surface area contributed by atoms with Gasteiger partial charge in [-0.1, -0.05) is 6.58 Å². The molecule has 1 aromatic heterocycles. The zero-order valence-electron chi connectivity index (χ0n) is 16.5. The molecule has 3 aliphatic heterocycles. The quantitative estimate of drug-likeness (QED) is 0.763. The van der Waals surface area contributed by atoms with Crippen LogP contribution < -0.4 is 5.32 Å². The Bertz CT molecular complexity index is 924. The van der Waals surface area contributed by atoms with Gasteiger partial charge in [0.2, 0.25) is 11.8 Å². The molecular weight excluding hydrogens is 393 g/mol. The van der Waals surface area contributed by atoms with Crippen molar-refractivity contribution in [2.24, 2.45) is 10.9 Å². The van der Waals surface area contributed by atoms with Gasteiger partial charge in [0.1, 0.15) is 6.04 Å². The van der Waals surface area contributed by atoms with E-state index in [2.05, 4.69) is 16.9 Å². The fraction of sp³-hybridized carbons (Fsp3) is 0.500. The van der Waals surface area contributed by atoms with Crippen molar-refractivity contribution >= 4 is 29.0 Å². The van der Waals surface area contributed by atoms with Crippen molar-refractivity contribution in [3.63, 3.8) is 0 Å². The number of rotatable bonds is 3. The zero-order chi connectivity index (χ0) is 20.7. The highest BCUT2D eigenvalue weighted by Crippen LogP contribution is 2.42. The van der Waals surface area contributed by atoms with Crippen LogP contribution in [0.1, 0.15) is 28.8 Å². The molecule has 0 aliphatic carbocycles. The molecule has 0 bridgehead atoms. The number of thiazole rings is 1. The van der Waals surface area contributed by atoms with Gasteiger partial charge in [0.25, 0.3) is 0 Å². The number of hydrogen-bond acceptors (Lipinski definition) is 6. The number of amides is 2. The topological polar surface area (TPSA) is 77.9 Å². The number of aliphatic imine (C=N–C) groups is 1. The van der Waals surface area contributed by atoms with Crippen molar-refractivity contribution in [3.8, 4) is 0 Å². The minimum absolute atomic E-state index is 0.0526. The number of likely N-dealkylation sites (N-methyl/N-ethyl adjacent to an activating group) is 1. The number of carbonyl (C=O) groups excluding carboxylic acids is 2. The fourth-order valence-corrected chi connectivity index (χ4v) is 5.14. The number of piperidine rings is 1. The van der Waals surface area contributed by atoms with E-state index >= 15 is 4.39 Å². The lowest BCUT2D eigenvalue weighted by Gasteiger charge is -2.39. The number of fused-ring (bicyclic) bond motifs is 1. The van der Waals surface area contributed by atoms with Crippen molar-refractivity contribution in [1.82, 2.24) is 20.1 Å². The number of nitrogens with one attached hydrogen (secondary N) is 1. The molecule has 2 fully saturated rings. The first-order chi connectivity index (χ1) is 13.9. The van der Waals surface area contributed by atoms with Gasteiger partial charge in [-0.15, -0.1) is 11.3 Å². The van der Waals surface area contributed by atoms with E-state index in [9.17, 15) is 9.59 Å². The van der Waals surface area contributed by atoms with Crippen molar-refractivity contribution < 1.29 is 14.0 Å². The molecule has 3 aliphatic rings. The molecule has 2 amide bonds. The van der Waals surface area contributed by atoms with Crippen LogP contribution in [0.15, 0.2) is 35.2 Å². The van der Waals surface area contributed by atoms with Crippen LogP contribution >= 0.6 is 11.3 Å². The molecule has 1 N–H and O–H groups in total. The minimum Gasteiger partial charge on any atom is -0.353 e. The van der Waals surface area contributed by atoms with Gasteiger partial charge in [0.15, 0.2) is 11.7 Å². The second kappa shape index (κ2) is 7.70. The molecule has 2 saturated heterocycles. The average molecular weight is 418 g/mol. The summed E-state index contributed by atoms with van der Waals surface area (Å²) in [4.78, 5) is 37.8. The van der Waals surface area contributed by atoms with Crippen LogP contribution in [-0.2, 0) is 9.59 Å². The lowest BCUT2D eigenvalue weighted by molar-refractivity contribution is -0.127. The summed E-state index contributed by atoms with van der Waals surface area (Å²) in [5, 5.41) is 3.64. The lowest BCUT2D eigenvalue weighted by atomic mass is 9.89. The Labute approximate surface area is 173 Å². The zero-order valence-corrected chi connectivity index (χ0v) is 17.3. The molecule has 4 heterocycles. The second-order valence-corrected chi connectivity index (χ2v) is 8.88. The summed E-state index contributed by atoms with van der Waals surface area (Å²) in [6.45, 7) is 6.82. The van der Waals surface area contributed by atoms with Crippen molar-refractivity contribution in [2.45, 2.75) is 31.8 Å². The molecule has 0 saturated carbocycles. The normalized spacial score (nSPS) is 26.7. The van der Waals surface area contributed by atoms with Crippen molar-refractivity contribution in [2.75, 3.05) is 26.7 Å². The molecule has 1 aromatic rings. The standard InChI is InChI=1S/C20H24FN5O2S/c1-4-15(27)26-7-5-6-12(10-26)25(3)19-17(21)13-8-23-20(28)16(13)18(24-19)14-9-22-11(2)29-14/h4,9,12,16,18H,1,5-8,10H2,2-3H3,(H,23,28)/t12-,16?,18?/m1/s1. The third kappa shape index (κ3) is 3.48. The molecule has 0 aromatic carbocycles. The van der Waals surface area contributed by atoms with Crippen molar-refractivity contribution in [1.29, 1.82) is 0 Å². The molecule has 3 atom stereocenters. The van der Waals surface area contributed by atoms with Gasteiger partial charge in [-0.25, -0.2) is 9.37 Å². The highest BCUT2D eigenvalue weighted by molar-refractivity contribution is 7.11. The Morgan fingerprint density at radius 1 is 1.52 bits per heavy atom. The maximum atomic E-state index is 15.4. The van der Waals surface area contributed by atoms with E-state index < -0.39 is 17.8 Å². The van der Waals surface area contributed by atoms with E-state index in [1.807, 2.05) is 18.9 Å². The smallest absolute Gasteiger partial charge is 0.246 e. The summed E-state index contributed by atoms with van der Waals surface area (Å²) in [6.07, 6.45) is 4.71. The number of likely N-dealkylation sites (tertiary alicyclic amines) is 1. The number of carbonyl (C=O) groups is 2. The Hall–Kier alpha value is -2.55. The van der Waals surface area contributed by atoms with E-state index in [1.165, 1.54) is 17.4 Å². The van der Waals surface area contributed by atoms with Crippen LogP contribution in [0.2, 0.25) is 0 Å². The molecular formula is C20H24FN5O2S. The first-order valence-corrected chi connectivity index (χ1v) is 10.5. The molecule has 2 unspecified atom stereocenters. The van der Waals surface area contributed by atoms with E-state index in [0.717, 1.165) is 22.7 Å². The number of amidine groups is 1. The Morgan fingerprint density at radius 2 is 2.31 bits per heavy atom. The van der Waals surface area contributed by atoms with Crippen LogP contribution in [0.5, 0.6) is 0 Å². The first kappa shape index (κ1) is 19.8. The predicted octanol–water partition coefficient (Wildman–Crippen LogP) is 1.98. The molecule has 7 nitrogen and oxygen atoms in total. The van der Waals surface area contributed by atoms with Crippen LogP contribution in [0.25, 0.3) is 0 Å². The third-order valence-electron chi connectivity index (χ3n) is 5.86. The second-order valence-electron chi connectivity index (χ2n) is 7.61. The molecule has 0 radical (unpaired) electrons. The van der Waals surface area contributed by atoms with Gasteiger partial charge >= 0.3 is 0 Å². The SMILES string of the molecule is C=CC(=O)N1CCC[C@@H](N(C)C2=NC(c3cnc(C)s3)C3C(=O)NCC3=C2F)C1. The summed E-state index contributed by atoms with van der Waals surface area (Å²) in [5.41, 5.74) is 0.456.